The number of hydrogen-bond donors (Lipinski definition) is 3. The largest absolute Gasteiger partial charge is 0.399 e. The van der Waals surface area contributed by atoms with E-state index >= 15 is 0 Å². The van der Waals surface area contributed by atoms with Gasteiger partial charge in [0, 0.05) is 5.69 Å². The maximum absolute atomic E-state index is 6.28. The van der Waals surface area contributed by atoms with E-state index in [4.69, 9.17) is 17.2 Å². The van der Waals surface area contributed by atoms with Gasteiger partial charge < -0.3 is 17.2 Å². The van der Waals surface area contributed by atoms with E-state index in [2.05, 4.69) is 10.1 Å². The highest BCUT2D eigenvalue weighted by Crippen LogP contribution is 2.37. The molecule has 0 saturated carbocycles. The van der Waals surface area contributed by atoms with Crippen LogP contribution in [0.5, 0.6) is 0 Å². The molecule has 0 aliphatic rings. The van der Waals surface area contributed by atoms with Gasteiger partial charge in [-0.2, -0.15) is 0 Å². The average Bonchev–Trinajstić information content (AvgIpc) is 3.08. The van der Waals surface area contributed by atoms with Crippen LogP contribution in [0.1, 0.15) is 0 Å². The molecular weight excluding hydrogens is 308 g/mol. The third-order valence-electron chi connectivity index (χ3n) is 3.59. The van der Waals surface area contributed by atoms with Gasteiger partial charge in [-0.3, -0.25) is 0 Å². The summed E-state index contributed by atoms with van der Waals surface area (Å²) >= 11 is 1.55. The number of para-hydroxylation sites is 1. The van der Waals surface area contributed by atoms with Crippen molar-refractivity contribution in [2.75, 3.05) is 17.2 Å². The first-order chi connectivity index (χ1) is 11.1. The summed E-state index contributed by atoms with van der Waals surface area (Å²) in [4.78, 5) is 4.61. The minimum atomic E-state index is 0.360. The van der Waals surface area contributed by atoms with Crippen molar-refractivity contribution in [2.24, 2.45) is 0 Å². The second kappa shape index (κ2) is 4.99. The predicted octanol–water partition coefficient (Wildman–Crippen LogP) is 2.90. The van der Waals surface area contributed by atoms with Crippen LogP contribution in [0.2, 0.25) is 0 Å². The molecule has 0 aliphatic heterocycles. The lowest BCUT2D eigenvalue weighted by atomic mass is 10.2. The molecule has 0 atom stereocenters. The minimum absolute atomic E-state index is 0.360. The van der Waals surface area contributed by atoms with Gasteiger partial charge in [-0.15, -0.1) is 16.4 Å². The fraction of sp³-hybridized carbons (Fsp3) is 0. The van der Waals surface area contributed by atoms with Crippen LogP contribution in [0, 0.1) is 0 Å². The number of aromatic nitrogens is 3. The number of nitrogens with two attached hydrogens (primary N) is 3. The maximum Gasteiger partial charge on any atom is 0.158 e. The van der Waals surface area contributed by atoms with Gasteiger partial charge in [0.25, 0.3) is 0 Å². The highest BCUT2D eigenvalue weighted by molar-refractivity contribution is 7.21. The maximum atomic E-state index is 6.28. The van der Waals surface area contributed by atoms with E-state index in [0.29, 0.717) is 22.9 Å². The molecule has 0 fully saturated rings. The Kier molecular flexibility index (Phi) is 2.95. The molecule has 0 spiro atoms. The second-order valence-electron chi connectivity index (χ2n) is 5.14. The van der Waals surface area contributed by atoms with Crippen molar-refractivity contribution < 1.29 is 0 Å². The third-order valence-corrected chi connectivity index (χ3v) is 4.65. The summed E-state index contributed by atoms with van der Waals surface area (Å²) in [6.07, 6.45) is 0. The molecule has 0 radical (unpaired) electrons. The van der Waals surface area contributed by atoms with Crippen LogP contribution >= 0.6 is 11.3 Å². The van der Waals surface area contributed by atoms with Crippen molar-refractivity contribution in [3.63, 3.8) is 0 Å². The van der Waals surface area contributed by atoms with Crippen LogP contribution in [0.15, 0.2) is 48.5 Å². The van der Waals surface area contributed by atoms with Gasteiger partial charge in [-0.25, -0.2) is 9.67 Å². The summed E-state index contributed by atoms with van der Waals surface area (Å²) in [5.41, 5.74) is 21.2. The van der Waals surface area contributed by atoms with E-state index in [0.717, 1.165) is 20.9 Å². The average molecular weight is 322 g/mol. The predicted molar refractivity (Wildman–Crippen MR) is 95.4 cm³/mol. The first kappa shape index (κ1) is 13.6. The number of benzene rings is 2. The topological polar surface area (TPSA) is 109 Å². The summed E-state index contributed by atoms with van der Waals surface area (Å²) in [5.74, 6) is 0.824. The molecule has 0 aliphatic carbocycles. The lowest BCUT2D eigenvalue weighted by molar-refractivity contribution is 0.897. The molecule has 0 bridgehead atoms. The fourth-order valence-electron chi connectivity index (χ4n) is 2.46. The Morgan fingerprint density at radius 2 is 1.65 bits per heavy atom. The Morgan fingerprint density at radius 3 is 2.39 bits per heavy atom. The number of hydrogen-bond acceptors (Lipinski definition) is 6. The van der Waals surface area contributed by atoms with E-state index < -0.39 is 0 Å². The zero-order valence-electron chi connectivity index (χ0n) is 12.1. The van der Waals surface area contributed by atoms with Gasteiger partial charge in [0.05, 0.1) is 21.5 Å². The quantitative estimate of drug-likeness (QED) is 0.492. The summed E-state index contributed by atoms with van der Waals surface area (Å²) < 4.78 is 2.69. The Morgan fingerprint density at radius 1 is 0.913 bits per heavy atom. The van der Waals surface area contributed by atoms with Gasteiger partial charge in [-0.05, 0) is 36.4 Å². The van der Waals surface area contributed by atoms with E-state index in [1.165, 1.54) is 0 Å². The van der Waals surface area contributed by atoms with E-state index in [1.807, 2.05) is 36.4 Å². The van der Waals surface area contributed by atoms with E-state index in [-0.39, 0.29) is 0 Å². The van der Waals surface area contributed by atoms with Crippen LogP contribution in [0.3, 0.4) is 0 Å². The molecule has 2 heterocycles. The minimum Gasteiger partial charge on any atom is -0.399 e. The standard InChI is InChI=1S/C16H14N6S/c17-9-5-7-10(8-6-9)22-15(19)13(14(18)21-22)16-20-11-3-1-2-4-12(11)23-16/h1-8H,17,19H2,(H2,18,21). The van der Waals surface area contributed by atoms with Gasteiger partial charge in [0.1, 0.15) is 10.8 Å². The second-order valence-corrected chi connectivity index (χ2v) is 6.17. The number of thiazole rings is 1. The van der Waals surface area contributed by atoms with Gasteiger partial charge in [-0.1, -0.05) is 12.1 Å². The third kappa shape index (κ3) is 2.18. The molecule has 6 N–H and O–H groups in total. The number of nitrogens with zero attached hydrogens (tertiary/aromatic N) is 3. The van der Waals surface area contributed by atoms with Crippen molar-refractivity contribution in [1.29, 1.82) is 0 Å². The highest BCUT2D eigenvalue weighted by atomic mass is 32.1. The molecule has 4 aromatic rings. The first-order valence-corrected chi connectivity index (χ1v) is 7.81. The number of fused-ring (bicyclic) bond motifs is 1. The first-order valence-electron chi connectivity index (χ1n) is 6.99. The van der Waals surface area contributed by atoms with Crippen LogP contribution in [-0.2, 0) is 0 Å². The molecule has 4 rings (SSSR count). The monoisotopic (exact) mass is 322 g/mol. The normalized spacial score (nSPS) is 11.1. The zero-order chi connectivity index (χ0) is 16.0. The number of anilines is 3. The van der Waals surface area contributed by atoms with Crippen molar-refractivity contribution in [3.8, 4) is 16.3 Å². The molecule has 7 heteroatoms. The zero-order valence-corrected chi connectivity index (χ0v) is 12.9. The summed E-state index contributed by atoms with van der Waals surface area (Å²) in [5, 5.41) is 5.12. The molecule has 2 aromatic carbocycles. The molecule has 6 nitrogen and oxygen atoms in total. The Labute approximate surface area is 136 Å². The lowest BCUT2D eigenvalue weighted by Crippen LogP contribution is -2.02. The molecule has 23 heavy (non-hydrogen) atoms. The van der Waals surface area contributed by atoms with Crippen molar-refractivity contribution in [1.82, 2.24) is 14.8 Å². The number of nitrogen functional groups attached to an aromatic ring is 3. The van der Waals surface area contributed by atoms with E-state index in [1.54, 1.807) is 28.2 Å². The molecular formula is C16H14N6S. The Hall–Kier alpha value is -3.06. The smallest absolute Gasteiger partial charge is 0.158 e. The molecule has 2 aromatic heterocycles. The molecule has 0 unspecified atom stereocenters. The molecule has 0 amide bonds. The molecule has 0 saturated heterocycles. The van der Waals surface area contributed by atoms with Gasteiger partial charge >= 0.3 is 0 Å². The summed E-state index contributed by atoms with van der Waals surface area (Å²) in [7, 11) is 0. The van der Waals surface area contributed by atoms with E-state index in [9.17, 15) is 0 Å². The Bertz CT molecular complexity index is 966. The summed E-state index contributed by atoms with van der Waals surface area (Å²) in [6.45, 7) is 0. The van der Waals surface area contributed by atoms with Crippen molar-refractivity contribution in [2.45, 2.75) is 0 Å². The Balaban J connectivity index is 1.88. The fourth-order valence-corrected chi connectivity index (χ4v) is 3.49. The van der Waals surface area contributed by atoms with Crippen LogP contribution < -0.4 is 17.2 Å². The number of rotatable bonds is 2. The highest BCUT2D eigenvalue weighted by Gasteiger charge is 2.19. The van der Waals surface area contributed by atoms with Gasteiger partial charge in [0.2, 0.25) is 0 Å². The molecule has 114 valence electrons. The van der Waals surface area contributed by atoms with Crippen molar-refractivity contribution in [3.05, 3.63) is 48.5 Å². The van der Waals surface area contributed by atoms with Crippen LogP contribution in [-0.4, -0.2) is 14.8 Å². The van der Waals surface area contributed by atoms with Gasteiger partial charge in [0.15, 0.2) is 5.82 Å². The SMILES string of the molecule is Nc1ccc(-n2nc(N)c(-c3nc4ccccc4s3)c2N)cc1. The van der Waals surface area contributed by atoms with Crippen LogP contribution in [0.4, 0.5) is 17.3 Å². The summed E-state index contributed by atoms with van der Waals surface area (Å²) in [6, 6.07) is 15.2. The van der Waals surface area contributed by atoms with Crippen molar-refractivity contribution >= 4 is 38.9 Å². The lowest BCUT2D eigenvalue weighted by Gasteiger charge is -2.04. The van der Waals surface area contributed by atoms with Crippen LogP contribution in [0.25, 0.3) is 26.5 Å².